The largest absolute Gasteiger partial charge is 0.330 e. The average Bonchev–Trinajstić information content (AvgIpc) is 2.23. The Hall–Kier alpha value is -0.0800. The Bertz CT molecular complexity index is 205. The van der Waals surface area contributed by atoms with E-state index >= 15 is 0 Å². The lowest BCUT2D eigenvalue weighted by molar-refractivity contribution is 0.0763. The average molecular weight is 226 g/mol. The molecule has 1 rings (SSSR count). The maximum Gasteiger partial charge on any atom is 0.00697 e. The number of rotatable bonds is 5. The Kier molecular flexibility index (Phi) is 5.26. The Morgan fingerprint density at radius 2 is 2.06 bits per heavy atom. The molecule has 2 nitrogen and oxygen atoms in total. The van der Waals surface area contributed by atoms with Crippen LogP contribution in [0.5, 0.6) is 0 Å². The van der Waals surface area contributed by atoms with E-state index in [0.29, 0.717) is 5.41 Å². The van der Waals surface area contributed by atoms with E-state index in [0.717, 1.165) is 18.5 Å². The third-order valence-corrected chi connectivity index (χ3v) is 4.21. The van der Waals surface area contributed by atoms with Crippen LogP contribution in [-0.4, -0.2) is 30.6 Å². The fourth-order valence-electron chi connectivity index (χ4n) is 3.03. The minimum absolute atomic E-state index is 0.323. The normalized spacial score (nSPS) is 31.3. The molecule has 0 amide bonds. The van der Waals surface area contributed by atoms with Crippen molar-refractivity contribution in [2.75, 3.05) is 19.6 Å². The fourth-order valence-corrected chi connectivity index (χ4v) is 3.03. The Balaban J connectivity index is 2.51. The molecular weight excluding hydrogens is 196 g/mol. The molecule has 0 aromatic carbocycles. The molecule has 0 aromatic heterocycles. The van der Waals surface area contributed by atoms with Gasteiger partial charge in [-0.3, -0.25) is 0 Å². The van der Waals surface area contributed by atoms with Crippen LogP contribution in [0.25, 0.3) is 0 Å². The number of nitrogens with zero attached hydrogens (tertiary/aromatic N) is 1. The van der Waals surface area contributed by atoms with Gasteiger partial charge in [-0.2, -0.15) is 0 Å². The summed E-state index contributed by atoms with van der Waals surface area (Å²) in [7, 11) is 0. The summed E-state index contributed by atoms with van der Waals surface area (Å²) in [6.45, 7) is 12.6. The maximum absolute atomic E-state index is 5.96. The van der Waals surface area contributed by atoms with Crippen LogP contribution in [0.3, 0.4) is 0 Å². The predicted molar refractivity (Wildman–Crippen MR) is 71.5 cm³/mol. The molecule has 1 saturated heterocycles. The molecule has 96 valence electrons. The van der Waals surface area contributed by atoms with E-state index in [9.17, 15) is 0 Å². The quantitative estimate of drug-likeness (QED) is 0.781. The van der Waals surface area contributed by atoms with Crippen molar-refractivity contribution in [2.24, 2.45) is 17.1 Å². The molecule has 0 aromatic rings. The van der Waals surface area contributed by atoms with Gasteiger partial charge in [-0.1, -0.05) is 27.2 Å². The van der Waals surface area contributed by atoms with Crippen molar-refractivity contribution in [3.05, 3.63) is 0 Å². The van der Waals surface area contributed by atoms with Gasteiger partial charge < -0.3 is 10.6 Å². The van der Waals surface area contributed by atoms with Crippen molar-refractivity contribution >= 4 is 0 Å². The van der Waals surface area contributed by atoms with E-state index in [-0.39, 0.29) is 0 Å². The summed E-state index contributed by atoms with van der Waals surface area (Å²) in [5, 5.41) is 0. The SMILES string of the molecule is CCCC(C)(CN)CN1CCC(C)CC1C. The Morgan fingerprint density at radius 1 is 1.38 bits per heavy atom. The molecule has 3 unspecified atom stereocenters. The third-order valence-electron chi connectivity index (χ3n) is 4.21. The molecule has 3 atom stereocenters. The minimum atomic E-state index is 0.323. The zero-order valence-corrected chi connectivity index (χ0v) is 11.6. The van der Waals surface area contributed by atoms with Crippen LogP contribution >= 0.6 is 0 Å². The second-order valence-electron chi connectivity index (χ2n) is 6.21. The van der Waals surface area contributed by atoms with Gasteiger partial charge in [-0.05, 0) is 50.6 Å². The van der Waals surface area contributed by atoms with Crippen LogP contribution in [0.15, 0.2) is 0 Å². The molecule has 0 spiro atoms. The lowest BCUT2D eigenvalue weighted by atomic mass is 9.83. The van der Waals surface area contributed by atoms with E-state index in [1.807, 2.05) is 0 Å². The molecule has 0 aliphatic carbocycles. The first kappa shape index (κ1) is 14.0. The van der Waals surface area contributed by atoms with Crippen molar-refractivity contribution in [3.63, 3.8) is 0 Å². The van der Waals surface area contributed by atoms with Crippen molar-refractivity contribution in [1.82, 2.24) is 4.90 Å². The zero-order valence-electron chi connectivity index (χ0n) is 11.6. The Morgan fingerprint density at radius 3 is 2.56 bits per heavy atom. The maximum atomic E-state index is 5.96. The summed E-state index contributed by atoms with van der Waals surface area (Å²) < 4.78 is 0. The highest BCUT2D eigenvalue weighted by atomic mass is 15.2. The van der Waals surface area contributed by atoms with Crippen LogP contribution in [0.2, 0.25) is 0 Å². The fraction of sp³-hybridized carbons (Fsp3) is 1.00. The zero-order chi connectivity index (χ0) is 12.2. The van der Waals surface area contributed by atoms with E-state index in [4.69, 9.17) is 5.73 Å². The molecule has 0 saturated carbocycles. The highest BCUT2D eigenvalue weighted by Crippen LogP contribution is 2.28. The van der Waals surface area contributed by atoms with Gasteiger partial charge in [0, 0.05) is 12.6 Å². The highest BCUT2D eigenvalue weighted by Gasteiger charge is 2.30. The summed E-state index contributed by atoms with van der Waals surface area (Å²) in [5.74, 6) is 0.904. The minimum Gasteiger partial charge on any atom is -0.330 e. The number of piperidine rings is 1. The van der Waals surface area contributed by atoms with Crippen LogP contribution in [0.4, 0.5) is 0 Å². The molecule has 1 aliphatic heterocycles. The second kappa shape index (κ2) is 6.02. The second-order valence-corrected chi connectivity index (χ2v) is 6.21. The summed E-state index contributed by atoms with van der Waals surface area (Å²) in [4.78, 5) is 2.66. The van der Waals surface area contributed by atoms with Gasteiger partial charge in [0.15, 0.2) is 0 Å². The molecule has 0 radical (unpaired) electrons. The number of hydrogen-bond acceptors (Lipinski definition) is 2. The summed E-state index contributed by atoms with van der Waals surface area (Å²) in [6.07, 6.45) is 5.21. The first-order valence-corrected chi connectivity index (χ1v) is 6.95. The molecule has 1 fully saturated rings. The summed E-state index contributed by atoms with van der Waals surface area (Å²) in [6, 6.07) is 0.742. The van der Waals surface area contributed by atoms with Crippen molar-refractivity contribution < 1.29 is 0 Å². The van der Waals surface area contributed by atoms with Crippen molar-refractivity contribution in [3.8, 4) is 0 Å². The van der Waals surface area contributed by atoms with Gasteiger partial charge in [0.05, 0.1) is 0 Å². The van der Waals surface area contributed by atoms with Gasteiger partial charge in [-0.15, -0.1) is 0 Å². The van der Waals surface area contributed by atoms with Crippen LogP contribution in [0.1, 0.15) is 53.4 Å². The van der Waals surface area contributed by atoms with Crippen LogP contribution in [0, 0.1) is 11.3 Å². The molecule has 2 N–H and O–H groups in total. The van der Waals surface area contributed by atoms with Crippen LogP contribution < -0.4 is 5.73 Å². The lowest BCUT2D eigenvalue weighted by Gasteiger charge is -2.42. The van der Waals surface area contributed by atoms with Gasteiger partial charge in [0.1, 0.15) is 0 Å². The van der Waals surface area contributed by atoms with Gasteiger partial charge in [-0.25, -0.2) is 0 Å². The first-order chi connectivity index (χ1) is 7.50. The van der Waals surface area contributed by atoms with Gasteiger partial charge in [0.2, 0.25) is 0 Å². The van der Waals surface area contributed by atoms with E-state index in [1.165, 1.54) is 38.8 Å². The summed E-state index contributed by atoms with van der Waals surface area (Å²) >= 11 is 0. The molecule has 2 heteroatoms. The van der Waals surface area contributed by atoms with Crippen LogP contribution in [-0.2, 0) is 0 Å². The van der Waals surface area contributed by atoms with E-state index < -0.39 is 0 Å². The topological polar surface area (TPSA) is 29.3 Å². The van der Waals surface area contributed by atoms with Crippen molar-refractivity contribution in [2.45, 2.75) is 59.4 Å². The summed E-state index contributed by atoms with van der Waals surface area (Å²) in [5.41, 5.74) is 6.28. The molecular formula is C14H30N2. The lowest BCUT2D eigenvalue weighted by Crippen LogP contribution is -2.47. The smallest absolute Gasteiger partial charge is 0.00697 e. The number of likely N-dealkylation sites (tertiary alicyclic amines) is 1. The molecule has 16 heavy (non-hydrogen) atoms. The number of hydrogen-bond donors (Lipinski definition) is 1. The van der Waals surface area contributed by atoms with E-state index in [1.54, 1.807) is 0 Å². The molecule has 1 heterocycles. The number of nitrogens with two attached hydrogens (primary N) is 1. The third kappa shape index (κ3) is 3.74. The van der Waals surface area contributed by atoms with Gasteiger partial charge in [0.25, 0.3) is 0 Å². The molecule has 0 bridgehead atoms. The first-order valence-electron chi connectivity index (χ1n) is 6.95. The predicted octanol–water partition coefficient (Wildman–Crippen LogP) is 2.87. The highest BCUT2D eigenvalue weighted by molar-refractivity contribution is 4.84. The van der Waals surface area contributed by atoms with E-state index in [2.05, 4.69) is 32.6 Å². The molecule has 1 aliphatic rings. The van der Waals surface area contributed by atoms with Gasteiger partial charge >= 0.3 is 0 Å². The van der Waals surface area contributed by atoms with Crippen molar-refractivity contribution in [1.29, 1.82) is 0 Å². The Labute approximate surface area is 102 Å². The monoisotopic (exact) mass is 226 g/mol. The standard InChI is InChI=1S/C14H30N2/c1-5-7-14(4,10-15)11-16-8-6-12(2)9-13(16)3/h12-13H,5-11,15H2,1-4H3.